The van der Waals surface area contributed by atoms with Crippen LogP contribution >= 0.6 is 0 Å². The van der Waals surface area contributed by atoms with Gasteiger partial charge in [0.2, 0.25) is 0 Å². The largest absolute Gasteiger partial charge is 0.481 e. The summed E-state index contributed by atoms with van der Waals surface area (Å²) in [5.41, 5.74) is 0. The number of carboxylic acids is 1. The normalized spacial score (nSPS) is 21.1. The molecule has 1 fully saturated rings. The number of carbonyl (C=O) groups is 1. The quantitative estimate of drug-likeness (QED) is 0.709. The van der Waals surface area contributed by atoms with Crippen LogP contribution in [-0.4, -0.2) is 17.8 Å². The first-order chi connectivity index (χ1) is 5.74. The SMILES string of the molecule is O=C(O)CC(CF)C1CCCC1. The highest BCUT2D eigenvalue weighted by atomic mass is 19.1. The van der Waals surface area contributed by atoms with Crippen molar-refractivity contribution in [3.63, 3.8) is 0 Å². The van der Waals surface area contributed by atoms with Gasteiger partial charge in [0.05, 0.1) is 13.1 Å². The molecule has 0 bridgehead atoms. The molecule has 0 saturated heterocycles. The molecule has 0 aliphatic heterocycles. The summed E-state index contributed by atoms with van der Waals surface area (Å²) >= 11 is 0. The van der Waals surface area contributed by atoms with E-state index in [9.17, 15) is 9.18 Å². The smallest absolute Gasteiger partial charge is 0.303 e. The molecule has 12 heavy (non-hydrogen) atoms. The fourth-order valence-corrected chi connectivity index (χ4v) is 2.00. The Labute approximate surface area is 71.8 Å². The summed E-state index contributed by atoms with van der Waals surface area (Å²) in [6.07, 6.45) is 4.31. The van der Waals surface area contributed by atoms with Crippen LogP contribution < -0.4 is 0 Å². The van der Waals surface area contributed by atoms with E-state index in [1.165, 1.54) is 0 Å². The summed E-state index contributed by atoms with van der Waals surface area (Å²) in [6.45, 7) is -0.475. The molecule has 3 heteroatoms. The second-order valence-corrected chi connectivity index (χ2v) is 3.56. The first kappa shape index (κ1) is 9.49. The first-order valence-electron chi connectivity index (χ1n) is 4.51. The Morgan fingerprint density at radius 1 is 1.50 bits per heavy atom. The summed E-state index contributed by atoms with van der Waals surface area (Å²) < 4.78 is 12.4. The zero-order valence-electron chi connectivity index (χ0n) is 7.13. The summed E-state index contributed by atoms with van der Waals surface area (Å²) in [5, 5.41) is 8.51. The van der Waals surface area contributed by atoms with Crippen molar-refractivity contribution in [2.75, 3.05) is 6.67 Å². The fraction of sp³-hybridized carbons (Fsp3) is 0.889. The van der Waals surface area contributed by atoms with E-state index in [1.807, 2.05) is 0 Å². The van der Waals surface area contributed by atoms with Crippen LogP contribution in [0.5, 0.6) is 0 Å². The Kier molecular flexibility index (Phi) is 3.50. The number of alkyl halides is 1. The van der Waals surface area contributed by atoms with Crippen LogP contribution in [0.15, 0.2) is 0 Å². The molecule has 0 aromatic carbocycles. The van der Waals surface area contributed by atoms with Crippen molar-refractivity contribution in [3.05, 3.63) is 0 Å². The number of carboxylic acid groups (broad SMARTS) is 1. The van der Waals surface area contributed by atoms with Gasteiger partial charge in [-0.3, -0.25) is 9.18 Å². The molecule has 1 unspecified atom stereocenters. The predicted molar refractivity (Wildman–Crippen MR) is 43.7 cm³/mol. The number of rotatable bonds is 4. The third kappa shape index (κ3) is 2.47. The molecule has 1 aliphatic rings. The molecule has 0 radical (unpaired) electrons. The van der Waals surface area contributed by atoms with Gasteiger partial charge < -0.3 is 5.11 Å². The number of hydrogen-bond acceptors (Lipinski definition) is 1. The maximum atomic E-state index is 12.4. The number of aliphatic carboxylic acids is 1. The van der Waals surface area contributed by atoms with Gasteiger partial charge in [0.25, 0.3) is 0 Å². The van der Waals surface area contributed by atoms with Gasteiger partial charge in [-0.15, -0.1) is 0 Å². The van der Waals surface area contributed by atoms with Crippen LogP contribution in [0.2, 0.25) is 0 Å². The third-order valence-corrected chi connectivity index (χ3v) is 2.70. The van der Waals surface area contributed by atoms with Gasteiger partial charge in [-0.2, -0.15) is 0 Å². The Morgan fingerprint density at radius 2 is 2.08 bits per heavy atom. The highest BCUT2D eigenvalue weighted by Crippen LogP contribution is 2.33. The number of halogens is 1. The predicted octanol–water partition coefficient (Wildman–Crippen LogP) is 2.24. The molecule has 70 valence electrons. The third-order valence-electron chi connectivity index (χ3n) is 2.70. The second kappa shape index (κ2) is 4.43. The van der Waals surface area contributed by atoms with Crippen LogP contribution in [0.4, 0.5) is 4.39 Å². The lowest BCUT2D eigenvalue weighted by molar-refractivity contribution is -0.138. The van der Waals surface area contributed by atoms with E-state index in [0.717, 1.165) is 25.7 Å². The molecule has 0 heterocycles. The van der Waals surface area contributed by atoms with Gasteiger partial charge >= 0.3 is 5.97 Å². The molecule has 1 aliphatic carbocycles. The van der Waals surface area contributed by atoms with Crippen LogP contribution in [0.3, 0.4) is 0 Å². The minimum absolute atomic E-state index is 0.00116. The average Bonchev–Trinajstić information content (AvgIpc) is 2.51. The highest BCUT2D eigenvalue weighted by molar-refractivity contribution is 5.67. The Hall–Kier alpha value is -0.600. The zero-order chi connectivity index (χ0) is 8.97. The Balaban J connectivity index is 2.37. The molecule has 2 nitrogen and oxygen atoms in total. The van der Waals surface area contributed by atoms with Crippen LogP contribution in [0.25, 0.3) is 0 Å². The minimum atomic E-state index is -0.871. The van der Waals surface area contributed by atoms with E-state index in [0.29, 0.717) is 5.92 Å². The zero-order valence-corrected chi connectivity index (χ0v) is 7.13. The van der Waals surface area contributed by atoms with E-state index >= 15 is 0 Å². The van der Waals surface area contributed by atoms with Gasteiger partial charge in [-0.1, -0.05) is 25.7 Å². The molecule has 1 N–H and O–H groups in total. The van der Waals surface area contributed by atoms with Crippen molar-refractivity contribution in [2.45, 2.75) is 32.1 Å². The van der Waals surface area contributed by atoms with Crippen LogP contribution in [-0.2, 0) is 4.79 Å². The van der Waals surface area contributed by atoms with Gasteiger partial charge in [0, 0.05) is 5.92 Å². The lowest BCUT2D eigenvalue weighted by atomic mass is 9.89. The maximum absolute atomic E-state index is 12.4. The molecule has 0 spiro atoms. The summed E-state index contributed by atoms with van der Waals surface area (Å²) in [4.78, 5) is 10.4. The van der Waals surface area contributed by atoms with Gasteiger partial charge in [-0.05, 0) is 5.92 Å². The maximum Gasteiger partial charge on any atom is 0.303 e. The summed E-state index contributed by atoms with van der Waals surface area (Å²) in [7, 11) is 0. The topological polar surface area (TPSA) is 37.3 Å². The molecule has 0 amide bonds. The standard InChI is InChI=1S/C9H15FO2/c10-6-8(5-9(11)12)7-3-1-2-4-7/h7-8H,1-6H2,(H,11,12). The molecule has 1 atom stereocenters. The molecule has 0 aromatic heterocycles. The molecular weight excluding hydrogens is 159 g/mol. The van der Waals surface area contributed by atoms with Crippen molar-refractivity contribution in [1.29, 1.82) is 0 Å². The van der Waals surface area contributed by atoms with E-state index in [2.05, 4.69) is 0 Å². The van der Waals surface area contributed by atoms with Crippen molar-refractivity contribution in [2.24, 2.45) is 11.8 Å². The van der Waals surface area contributed by atoms with E-state index < -0.39 is 12.6 Å². The highest BCUT2D eigenvalue weighted by Gasteiger charge is 2.26. The van der Waals surface area contributed by atoms with Crippen LogP contribution in [0, 0.1) is 11.8 Å². The van der Waals surface area contributed by atoms with Crippen molar-refractivity contribution < 1.29 is 14.3 Å². The van der Waals surface area contributed by atoms with Crippen LogP contribution in [0.1, 0.15) is 32.1 Å². The second-order valence-electron chi connectivity index (χ2n) is 3.56. The van der Waals surface area contributed by atoms with Crippen molar-refractivity contribution >= 4 is 5.97 Å². The molecule has 1 rings (SSSR count). The fourth-order valence-electron chi connectivity index (χ4n) is 2.00. The minimum Gasteiger partial charge on any atom is -0.481 e. The summed E-state index contributed by atoms with van der Waals surface area (Å²) in [5.74, 6) is -0.777. The van der Waals surface area contributed by atoms with Crippen molar-refractivity contribution in [1.82, 2.24) is 0 Å². The lowest BCUT2D eigenvalue weighted by Gasteiger charge is -2.17. The number of hydrogen-bond donors (Lipinski definition) is 1. The Morgan fingerprint density at radius 3 is 2.50 bits per heavy atom. The van der Waals surface area contributed by atoms with Crippen molar-refractivity contribution in [3.8, 4) is 0 Å². The van der Waals surface area contributed by atoms with E-state index in [4.69, 9.17) is 5.11 Å². The molecule has 0 aromatic rings. The molecule has 1 saturated carbocycles. The monoisotopic (exact) mass is 174 g/mol. The summed E-state index contributed by atoms with van der Waals surface area (Å²) in [6, 6.07) is 0. The molecular formula is C9H15FO2. The lowest BCUT2D eigenvalue weighted by Crippen LogP contribution is -2.17. The first-order valence-corrected chi connectivity index (χ1v) is 4.51. The van der Waals surface area contributed by atoms with E-state index in [1.54, 1.807) is 0 Å². The van der Waals surface area contributed by atoms with Gasteiger partial charge in [-0.25, -0.2) is 0 Å². The van der Waals surface area contributed by atoms with Gasteiger partial charge in [0.1, 0.15) is 0 Å². The Bertz CT molecular complexity index is 153. The average molecular weight is 174 g/mol. The van der Waals surface area contributed by atoms with E-state index in [-0.39, 0.29) is 12.3 Å². The van der Waals surface area contributed by atoms with Gasteiger partial charge in [0.15, 0.2) is 0 Å².